The monoisotopic (exact) mass is 254 g/mol. The van der Waals surface area contributed by atoms with Gasteiger partial charge in [0.1, 0.15) is 5.75 Å². The van der Waals surface area contributed by atoms with E-state index in [2.05, 4.69) is 10.5 Å². The Balaban J connectivity index is 2.06. The first-order chi connectivity index (χ1) is 9.16. The molecule has 0 fully saturated rings. The number of phenolic OH excluding ortho intramolecular Hbond substituents is 1. The predicted molar refractivity (Wildman–Crippen MR) is 74.2 cm³/mol. The lowest BCUT2D eigenvalue weighted by molar-refractivity contribution is 0.0955. The second kappa shape index (κ2) is 5.82. The van der Waals surface area contributed by atoms with Crippen molar-refractivity contribution in [2.24, 2.45) is 5.10 Å². The molecule has 96 valence electrons. The van der Waals surface area contributed by atoms with Crippen molar-refractivity contribution in [3.8, 4) is 5.75 Å². The molecular formula is C15H14N2O2. The highest BCUT2D eigenvalue weighted by molar-refractivity contribution is 6.00. The zero-order valence-corrected chi connectivity index (χ0v) is 10.5. The van der Waals surface area contributed by atoms with Crippen molar-refractivity contribution < 1.29 is 9.90 Å². The van der Waals surface area contributed by atoms with Gasteiger partial charge in [-0.1, -0.05) is 18.2 Å². The van der Waals surface area contributed by atoms with E-state index in [0.29, 0.717) is 11.3 Å². The zero-order valence-electron chi connectivity index (χ0n) is 10.5. The standard InChI is InChI=1S/C15H14N2O2/c1-11(12-7-9-14(18)10-8-12)16-17-15(19)13-5-3-2-4-6-13/h2-10,18H,1H3,(H,17,19)/b16-11+. The Kier molecular flexibility index (Phi) is 3.93. The molecule has 2 aromatic carbocycles. The Morgan fingerprint density at radius 3 is 2.26 bits per heavy atom. The van der Waals surface area contributed by atoms with Crippen molar-refractivity contribution in [2.75, 3.05) is 0 Å². The quantitative estimate of drug-likeness (QED) is 0.653. The molecule has 0 unspecified atom stereocenters. The van der Waals surface area contributed by atoms with Gasteiger partial charge in [-0.25, -0.2) is 5.43 Å². The van der Waals surface area contributed by atoms with Crippen LogP contribution in [0.15, 0.2) is 59.7 Å². The Labute approximate surface area is 111 Å². The van der Waals surface area contributed by atoms with Crippen LogP contribution in [0.5, 0.6) is 5.75 Å². The van der Waals surface area contributed by atoms with Gasteiger partial charge in [0.2, 0.25) is 0 Å². The molecule has 0 bridgehead atoms. The van der Waals surface area contributed by atoms with Crippen molar-refractivity contribution in [1.29, 1.82) is 0 Å². The number of amides is 1. The second-order valence-electron chi connectivity index (χ2n) is 4.05. The van der Waals surface area contributed by atoms with Gasteiger partial charge < -0.3 is 5.11 Å². The summed E-state index contributed by atoms with van der Waals surface area (Å²) in [5.74, 6) is -0.0522. The second-order valence-corrected chi connectivity index (χ2v) is 4.05. The van der Waals surface area contributed by atoms with Gasteiger partial charge in [-0.2, -0.15) is 5.10 Å². The van der Waals surface area contributed by atoms with Crippen LogP contribution < -0.4 is 5.43 Å². The smallest absolute Gasteiger partial charge is 0.271 e. The van der Waals surface area contributed by atoms with Crippen LogP contribution >= 0.6 is 0 Å². The van der Waals surface area contributed by atoms with E-state index in [4.69, 9.17) is 0 Å². The van der Waals surface area contributed by atoms with Crippen molar-refractivity contribution in [1.82, 2.24) is 5.43 Å². The van der Waals surface area contributed by atoms with Crippen LogP contribution in [0, 0.1) is 0 Å². The number of phenols is 1. The lowest BCUT2D eigenvalue weighted by Gasteiger charge is -2.03. The van der Waals surface area contributed by atoms with Crippen LogP contribution in [-0.2, 0) is 0 Å². The molecule has 0 aliphatic heterocycles. The highest BCUT2D eigenvalue weighted by Crippen LogP contribution is 2.10. The number of carbonyl (C=O) groups excluding carboxylic acids is 1. The largest absolute Gasteiger partial charge is 0.508 e. The van der Waals surface area contributed by atoms with Crippen LogP contribution in [0.3, 0.4) is 0 Å². The van der Waals surface area contributed by atoms with Gasteiger partial charge in [0.05, 0.1) is 5.71 Å². The average Bonchev–Trinajstić information content (AvgIpc) is 2.46. The van der Waals surface area contributed by atoms with Gasteiger partial charge >= 0.3 is 0 Å². The number of hydrazone groups is 1. The molecule has 4 nitrogen and oxygen atoms in total. The number of hydrogen-bond acceptors (Lipinski definition) is 3. The highest BCUT2D eigenvalue weighted by Gasteiger charge is 2.03. The molecule has 0 saturated carbocycles. The number of rotatable bonds is 3. The fraction of sp³-hybridized carbons (Fsp3) is 0.0667. The molecule has 0 aromatic heterocycles. The van der Waals surface area contributed by atoms with E-state index in [1.807, 2.05) is 6.07 Å². The Hall–Kier alpha value is -2.62. The lowest BCUT2D eigenvalue weighted by Crippen LogP contribution is -2.19. The van der Waals surface area contributed by atoms with E-state index in [1.165, 1.54) is 0 Å². The summed E-state index contributed by atoms with van der Waals surface area (Å²) in [6, 6.07) is 15.5. The van der Waals surface area contributed by atoms with Crippen LogP contribution in [-0.4, -0.2) is 16.7 Å². The number of hydrogen-bond donors (Lipinski definition) is 2. The molecule has 0 spiro atoms. The van der Waals surface area contributed by atoms with Crippen LogP contribution in [0.2, 0.25) is 0 Å². The maximum absolute atomic E-state index is 11.8. The molecule has 0 atom stereocenters. The minimum absolute atomic E-state index is 0.199. The number of carbonyl (C=O) groups is 1. The number of nitrogens with one attached hydrogen (secondary N) is 1. The molecule has 0 aliphatic rings. The summed E-state index contributed by atoms with van der Waals surface area (Å²) in [6.45, 7) is 1.79. The summed E-state index contributed by atoms with van der Waals surface area (Å²) >= 11 is 0. The third-order valence-corrected chi connectivity index (χ3v) is 2.65. The molecule has 0 radical (unpaired) electrons. The fourth-order valence-corrected chi connectivity index (χ4v) is 1.56. The Morgan fingerprint density at radius 2 is 1.63 bits per heavy atom. The van der Waals surface area contributed by atoms with E-state index in [-0.39, 0.29) is 11.7 Å². The maximum atomic E-state index is 11.8. The maximum Gasteiger partial charge on any atom is 0.271 e. The zero-order chi connectivity index (χ0) is 13.7. The number of nitrogens with zero attached hydrogens (tertiary/aromatic N) is 1. The van der Waals surface area contributed by atoms with Gasteiger partial charge in [-0.15, -0.1) is 0 Å². The summed E-state index contributed by atoms with van der Waals surface area (Å²) in [7, 11) is 0. The summed E-state index contributed by atoms with van der Waals surface area (Å²) in [6.07, 6.45) is 0. The van der Waals surface area contributed by atoms with E-state index >= 15 is 0 Å². The summed E-state index contributed by atoms with van der Waals surface area (Å²) in [5, 5.41) is 13.2. The SMILES string of the molecule is C/C(=N\NC(=O)c1ccccc1)c1ccc(O)cc1. The van der Waals surface area contributed by atoms with Gasteiger partial charge in [-0.05, 0) is 48.9 Å². The van der Waals surface area contributed by atoms with Crippen molar-refractivity contribution in [3.63, 3.8) is 0 Å². The van der Waals surface area contributed by atoms with Gasteiger partial charge in [0, 0.05) is 5.56 Å². The fourth-order valence-electron chi connectivity index (χ4n) is 1.56. The van der Waals surface area contributed by atoms with E-state index in [9.17, 15) is 9.90 Å². The van der Waals surface area contributed by atoms with Crippen molar-refractivity contribution in [2.45, 2.75) is 6.92 Å². The van der Waals surface area contributed by atoms with Gasteiger partial charge in [0.15, 0.2) is 0 Å². The predicted octanol–water partition coefficient (Wildman–Crippen LogP) is 2.55. The van der Waals surface area contributed by atoms with E-state index in [1.54, 1.807) is 55.5 Å². The molecule has 0 saturated heterocycles. The molecule has 2 rings (SSSR count). The molecule has 19 heavy (non-hydrogen) atoms. The number of aromatic hydroxyl groups is 1. The minimum atomic E-state index is -0.251. The molecule has 4 heteroatoms. The van der Waals surface area contributed by atoms with E-state index < -0.39 is 0 Å². The summed E-state index contributed by atoms with van der Waals surface area (Å²) in [5.41, 5.74) is 4.57. The van der Waals surface area contributed by atoms with Gasteiger partial charge in [-0.3, -0.25) is 4.79 Å². The van der Waals surface area contributed by atoms with Crippen molar-refractivity contribution in [3.05, 3.63) is 65.7 Å². The first-order valence-corrected chi connectivity index (χ1v) is 5.86. The Bertz CT molecular complexity index is 589. The molecular weight excluding hydrogens is 240 g/mol. The molecule has 0 aliphatic carbocycles. The molecule has 1 amide bonds. The molecule has 0 heterocycles. The highest BCUT2D eigenvalue weighted by atomic mass is 16.3. The summed E-state index contributed by atoms with van der Waals surface area (Å²) in [4.78, 5) is 11.8. The normalized spacial score (nSPS) is 11.1. The van der Waals surface area contributed by atoms with Crippen LogP contribution in [0.25, 0.3) is 0 Å². The molecule has 2 N–H and O–H groups in total. The van der Waals surface area contributed by atoms with Crippen LogP contribution in [0.4, 0.5) is 0 Å². The third-order valence-electron chi connectivity index (χ3n) is 2.65. The Morgan fingerprint density at radius 1 is 1.00 bits per heavy atom. The molecule has 2 aromatic rings. The first kappa shape index (κ1) is 12.8. The van der Waals surface area contributed by atoms with E-state index in [0.717, 1.165) is 5.56 Å². The van der Waals surface area contributed by atoms with Crippen LogP contribution in [0.1, 0.15) is 22.8 Å². The third kappa shape index (κ3) is 3.42. The average molecular weight is 254 g/mol. The lowest BCUT2D eigenvalue weighted by atomic mass is 10.1. The summed E-state index contributed by atoms with van der Waals surface area (Å²) < 4.78 is 0. The van der Waals surface area contributed by atoms with Gasteiger partial charge in [0.25, 0.3) is 5.91 Å². The topological polar surface area (TPSA) is 61.7 Å². The number of benzene rings is 2. The minimum Gasteiger partial charge on any atom is -0.508 e. The first-order valence-electron chi connectivity index (χ1n) is 5.86. The van der Waals surface area contributed by atoms with Crippen molar-refractivity contribution >= 4 is 11.6 Å².